The lowest BCUT2D eigenvalue weighted by Crippen LogP contribution is -2.30. The molecule has 1 N–H and O–H groups in total. The number of halogens is 3. The average molecular weight is 444 g/mol. The van der Waals surface area contributed by atoms with Crippen LogP contribution in [0, 0.1) is 0 Å². The number of ether oxygens (including phenoxy) is 1. The van der Waals surface area contributed by atoms with Crippen LogP contribution in [0.1, 0.15) is 36.7 Å². The molecule has 10 heteroatoms. The number of nitrogens with zero attached hydrogens (tertiary/aromatic N) is 1. The second-order valence-electron chi connectivity index (χ2n) is 6.21. The van der Waals surface area contributed by atoms with Gasteiger partial charge in [-0.05, 0) is 49.4 Å². The fraction of sp³-hybridized carbons (Fsp3) is 0.350. The van der Waals surface area contributed by atoms with Crippen molar-refractivity contribution in [3.8, 4) is 5.75 Å². The first-order valence-corrected chi connectivity index (χ1v) is 10.7. The van der Waals surface area contributed by atoms with Crippen molar-refractivity contribution in [2.45, 2.75) is 31.8 Å². The van der Waals surface area contributed by atoms with Crippen molar-refractivity contribution in [1.82, 2.24) is 4.31 Å². The minimum absolute atomic E-state index is 0.0116. The Hall–Kier alpha value is -2.59. The Labute approximate surface area is 173 Å². The van der Waals surface area contributed by atoms with Crippen molar-refractivity contribution in [3.63, 3.8) is 0 Å². The van der Waals surface area contributed by atoms with E-state index in [4.69, 9.17) is 4.74 Å². The number of nitrogens with one attached hydrogen (secondary N) is 1. The molecule has 0 spiro atoms. The topological polar surface area (TPSA) is 75.7 Å². The minimum atomic E-state index is -4.51. The molecule has 0 fully saturated rings. The maximum atomic E-state index is 12.8. The summed E-state index contributed by atoms with van der Waals surface area (Å²) in [5.41, 5.74) is -0.779. The number of hydrogen-bond donors (Lipinski definition) is 1. The Kier molecular flexibility index (Phi) is 7.49. The zero-order chi connectivity index (χ0) is 22.5. The smallest absolute Gasteiger partial charge is 0.416 e. The summed E-state index contributed by atoms with van der Waals surface area (Å²) >= 11 is 0. The van der Waals surface area contributed by atoms with E-state index in [-0.39, 0.29) is 41.6 Å². The lowest BCUT2D eigenvalue weighted by Gasteiger charge is -2.20. The molecule has 0 heterocycles. The molecule has 2 aromatic rings. The number of benzene rings is 2. The number of rotatable bonds is 8. The highest BCUT2D eigenvalue weighted by Gasteiger charge is 2.30. The van der Waals surface area contributed by atoms with Crippen LogP contribution in [0.3, 0.4) is 0 Å². The standard InChI is InChI=1S/C20H23F3N2O4S/c1-4-25(5-2)30(27,28)16-11-12-18(29-6-3)17(13-16)24-19(26)14-7-9-15(10-8-14)20(21,22)23/h7-13H,4-6H2,1-3H3,(H,24,26). The minimum Gasteiger partial charge on any atom is -0.492 e. The van der Waals surface area contributed by atoms with Crippen molar-refractivity contribution in [2.24, 2.45) is 0 Å². The zero-order valence-corrected chi connectivity index (χ0v) is 17.6. The molecule has 0 atom stereocenters. The Morgan fingerprint density at radius 3 is 2.13 bits per heavy atom. The molecule has 0 radical (unpaired) electrons. The van der Waals surface area contributed by atoms with Crippen molar-refractivity contribution in [1.29, 1.82) is 0 Å². The van der Waals surface area contributed by atoms with E-state index in [1.165, 1.54) is 22.5 Å². The molecule has 2 rings (SSSR count). The molecular formula is C20H23F3N2O4S. The van der Waals surface area contributed by atoms with Crippen LogP contribution >= 0.6 is 0 Å². The molecule has 0 aliphatic rings. The Morgan fingerprint density at radius 1 is 1.03 bits per heavy atom. The van der Waals surface area contributed by atoms with Gasteiger partial charge in [-0.15, -0.1) is 0 Å². The predicted molar refractivity (Wildman–Crippen MR) is 107 cm³/mol. The van der Waals surface area contributed by atoms with Gasteiger partial charge in [-0.1, -0.05) is 13.8 Å². The summed E-state index contributed by atoms with van der Waals surface area (Å²) in [7, 11) is -3.78. The Morgan fingerprint density at radius 2 is 1.63 bits per heavy atom. The molecule has 164 valence electrons. The monoisotopic (exact) mass is 444 g/mol. The van der Waals surface area contributed by atoms with Crippen LogP contribution in [0.15, 0.2) is 47.4 Å². The van der Waals surface area contributed by atoms with Gasteiger partial charge in [-0.2, -0.15) is 17.5 Å². The Balaban J connectivity index is 2.38. The molecule has 2 aromatic carbocycles. The number of anilines is 1. The van der Waals surface area contributed by atoms with E-state index in [1.807, 2.05) is 0 Å². The van der Waals surface area contributed by atoms with E-state index in [2.05, 4.69) is 5.32 Å². The van der Waals surface area contributed by atoms with Crippen molar-refractivity contribution in [2.75, 3.05) is 25.0 Å². The summed E-state index contributed by atoms with van der Waals surface area (Å²) in [6, 6.07) is 7.80. The fourth-order valence-corrected chi connectivity index (χ4v) is 4.25. The lowest BCUT2D eigenvalue weighted by atomic mass is 10.1. The molecule has 30 heavy (non-hydrogen) atoms. The molecular weight excluding hydrogens is 421 g/mol. The molecule has 0 aromatic heterocycles. The van der Waals surface area contributed by atoms with Crippen LogP contribution < -0.4 is 10.1 Å². The van der Waals surface area contributed by atoms with Crippen LogP contribution in [-0.2, 0) is 16.2 Å². The van der Waals surface area contributed by atoms with Gasteiger partial charge in [0.25, 0.3) is 5.91 Å². The zero-order valence-electron chi connectivity index (χ0n) is 16.8. The van der Waals surface area contributed by atoms with Gasteiger partial charge >= 0.3 is 6.18 Å². The third-order valence-corrected chi connectivity index (χ3v) is 6.36. The molecule has 0 aliphatic carbocycles. The maximum absolute atomic E-state index is 12.8. The SMILES string of the molecule is CCOc1ccc(S(=O)(=O)N(CC)CC)cc1NC(=O)c1ccc(C(F)(F)F)cc1. The van der Waals surface area contributed by atoms with E-state index in [0.717, 1.165) is 24.3 Å². The normalized spacial score (nSPS) is 12.1. The molecule has 0 bridgehead atoms. The van der Waals surface area contributed by atoms with Crippen molar-refractivity contribution in [3.05, 3.63) is 53.6 Å². The van der Waals surface area contributed by atoms with Gasteiger partial charge < -0.3 is 10.1 Å². The molecule has 6 nitrogen and oxygen atoms in total. The highest BCUT2D eigenvalue weighted by molar-refractivity contribution is 7.89. The van der Waals surface area contributed by atoms with Crippen LogP contribution in [-0.4, -0.2) is 38.3 Å². The molecule has 0 saturated carbocycles. The van der Waals surface area contributed by atoms with Crippen LogP contribution in [0.2, 0.25) is 0 Å². The fourth-order valence-electron chi connectivity index (χ4n) is 2.77. The first-order chi connectivity index (χ1) is 14.0. The van der Waals surface area contributed by atoms with Crippen molar-refractivity contribution >= 4 is 21.6 Å². The summed E-state index contributed by atoms with van der Waals surface area (Å²) in [5, 5.41) is 2.53. The summed E-state index contributed by atoms with van der Waals surface area (Å²) in [4.78, 5) is 12.5. The van der Waals surface area contributed by atoms with Gasteiger partial charge in [0.1, 0.15) is 5.75 Å². The van der Waals surface area contributed by atoms with Gasteiger partial charge in [-0.3, -0.25) is 4.79 Å². The van der Waals surface area contributed by atoms with E-state index >= 15 is 0 Å². The average Bonchev–Trinajstić information content (AvgIpc) is 2.69. The summed E-state index contributed by atoms with van der Waals surface area (Å²) < 4.78 is 70.4. The molecule has 1 amide bonds. The summed E-state index contributed by atoms with van der Waals surface area (Å²) in [6.45, 7) is 5.97. The second-order valence-corrected chi connectivity index (χ2v) is 8.15. The highest BCUT2D eigenvalue weighted by Crippen LogP contribution is 2.31. The number of sulfonamides is 1. The second kappa shape index (κ2) is 9.48. The van der Waals surface area contributed by atoms with Gasteiger partial charge in [0.05, 0.1) is 22.8 Å². The number of hydrogen-bond acceptors (Lipinski definition) is 4. The van der Waals surface area contributed by atoms with Crippen LogP contribution in [0.4, 0.5) is 18.9 Å². The Bertz CT molecular complexity index is 986. The van der Waals surface area contributed by atoms with Gasteiger partial charge in [0.15, 0.2) is 0 Å². The highest BCUT2D eigenvalue weighted by atomic mass is 32.2. The van der Waals surface area contributed by atoms with Gasteiger partial charge in [0.2, 0.25) is 10.0 Å². The first-order valence-electron chi connectivity index (χ1n) is 9.30. The lowest BCUT2D eigenvalue weighted by molar-refractivity contribution is -0.137. The molecule has 0 unspecified atom stereocenters. The number of alkyl halides is 3. The molecule has 0 saturated heterocycles. The molecule has 0 aliphatic heterocycles. The van der Waals surface area contributed by atoms with Gasteiger partial charge in [0, 0.05) is 18.7 Å². The van der Waals surface area contributed by atoms with Crippen LogP contribution in [0.5, 0.6) is 5.75 Å². The quantitative estimate of drug-likeness (QED) is 0.655. The van der Waals surface area contributed by atoms with E-state index < -0.39 is 27.7 Å². The summed E-state index contributed by atoms with van der Waals surface area (Å²) in [5.74, 6) is -0.446. The van der Waals surface area contributed by atoms with E-state index in [0.29, 0.717) is 0 Å². The van der Waals surface area contributed by atoms with E-state index in [1.54, 1.807) is 20.8 Å². The van der Waals surface area contributed by atoms with Crippen molar-refractivity contribution < 1.29 is 31.1 Å². The first kappa shape index (κ1) is 23.7. The van der Waals surface area contributed by atoms with Crippen LogP contribution in [0.25, 0.3) is 0 Å². The third-order valence-electron chi connectivity index (χ3n) is 4.32. The summed E-state index contributed by atoms with van der Waals surface area (Å²) in [6.07, 6.45) is -4.51. The number of carbonyl (C=O) groups is 1. The number of amides is 1. The maximum Gasteiger partial charge on any atom is 0.416 e. The number of carbonyl (C=O) groups excluding carboxylic acids is 1. The van der Waals surface area contributed by atoms with E-state index in [9.17, 15) is 26.4 Å². The largest absolute Gasteiger partial charge is 0.492 e. The third kappa shape index (κ3) is 5.31. The predicted octanol–water partition coefficient (Wildman–Crippen LogP) is 4.39. The van der Waals surface area contributed by atoms with Gasteiger partial charge in [-0.25, -0.2) is 8.42 Å².